The number of rotatable bonds is 2. The topological polar surface area (TPSA) is 20.3 Å². The molecule has 80 valence electrons. The lowest BCUT2D eigenvalue weighted by atomic mass is 9.99. The lowest BCUT2D eigenvalue weighted by molar-refractivity contribution is -0.121. The molecule has 0 aromatic rings. The van der Waals surface area contributed by atoms with Gasteiger partial charge in [-0.25, -0.2) is 0 Å². The molecule has 1 saturated carbocycles. The Bertz CT molecular complexity index is 234. The lowest BCUT2D eigenvalue weighted by Crippen LogP contribution is -2.41. The summed E-state index contributed by atoms with van der Waals surface area (Å²) >= 11 is 0. The summed E-state index contributed by atoms with van der Waals surface area (Å²) in [4.78, 5) is 14.1. The van der Waals surface area contributed by atoms with Crippen molar-refractivity contribution in [1.29, 1.82) is 0 Å². The number of nitrogens with zero attached hydrogens (tertiary/aromatic N) is 1. The third-order valence-electron chi connectivity index (χ3n) is 3.94. The summed E-state index contributed by atoms with van der Waals surface area (Å²) in [6, 6.07) is 0. The maximum absolute atomic E-state index is 11.5. The second-order valence-corrected chi connectivity index (χ2v) is 5.42. The molecule has 0 spiro atoms. The third-order valence-corrected chi connectivity index (χ3v) is 3.94. The van der Waals surface area contributed by atoms with Crippen LogP contribution in [0.5, 0.6) is 0 Å². The quantitative estimate of drug-likeness (QED) is 0.673. The van der Waals surface area contributed by atoms with Crippen molar-refractivity contribution in [1.82, 2.24) is 4.90 Å². The van der Waals surface area contributed by atoms with Gasteiger partial charge in [0, 0.05) is 24.4 Å². The highest BCUT2D eigenvalue weighted by Gasteiger charge is 2.35. The van der Waals surface area contributed by atoms with E-state index < -0.39 is 0 Å². The van der Waals surface area contributed by atoms with Crippen molar-refractivity contribution in [2.24, 2.45) is 5.92 Å². The average Bonchev–Trinajstić information content (AvgIpc) is 2.62. The molecule has 0 radical (unpaired) electrons. The van der Waals surface area contributed by atoms with E-state index in [2.05, 4.69) is 18.7 Å². The fraction of sp³-hybridized carbons (Fsp3) is 0.917. The van der Waals surface area contributed by atoms with Crippen LogP contribution in [0.1, 0.15) is 46.0 Å². The van der Waals surface area contributed by atoms with Gasteiger partial charge in [-0.05, 0) is 46.1 Å². The van der Waals surface area contributed by atoms with E-state index in [1.54, 1.807) is 0 Å². The highest BCUT2D eigenvalue weighted by atomic mass is 16.1. The summed E-state index contributed by atoms with van der Waals surface area (Å²) in [5, 5.41) is 0. The Balaban J connectivity index is 1.93. The Morgan fingerprint density at radius 2 is 2.21 bits per heavy atom. The van der Waals surface area contributed by atoms with Gasteiger partial charge in [0.2, 0.25) is 0 Å². The molecule has 1 unspecified atom stereocenters. The van der Waals surface area contributed by atoms with E-state index in [4.69, 9.17) is 0 Å². The molecule has 0 bridgehead atoms. The van der Waals surface area contributed by atoms with Crippen molar-refractivity contribution in [3.8, 4) is 0 Å². The van der Waals surface area contributed by atoms with Gasteiger partial charge in [-0.3, -0.25) is 9.69 Å². The molecular weight excluding hydrogens is 174 g/mol. The SMILES string of the molecule is CC1(C)CCCN1CC1CCCC1=O. The fourth-order valence-electron chi connectivity index (χ4n) is 2.85. The molecule has 0 amide bonds. The highest BCUT2D eigenvalue weighted by Crippen LogP contribution is 2.31. The van der Waals surface area contributed by atoms with Gasteiger partial charge in [-0.2, -0.15) is 0 Å². The molecule has 1 aliphatic carbocycles. The van der Waals surface area contributed by atoms with Gasteiger partial charge in [0.05, 0.1) is 0 Å². The Labute approximate surface area is 86.7 Å². The van der Waals surface area contributed by atoms with Crippen molar-refractivity contribution in [3.05, 3.63) is 0 Å². The number of carbonyl (C=O) groups is 1. The Hall–Kier alpha value is -0.370. The van der Waals surface area contributed by atoms with Gasteiger partial charge < -0.3 is 0 Å². The van der Waals surface area contributed by atoms with Crippen LogP contribution >= 0.6 is 0 Å². The van der Waals surface area contributed by atoms with Gasteiger partial charge in [0.1, 0.15) is 5.78 Å². The van der Waals surface area contributed by atoms with Crippen LogP contribution in [0.2, 0.25) is 0 Å². The average molecular weight is 195 g/mol. The first-order valence-corrected chi connectivity index (χ1v) is 5.87. The first-order valence-electron chi connectivity index (χ1n) is 5.87. The van der Waals surface area contributed by atoms with E-state index in [0.29, 0.717) is 17.2 Å². The molecule has 1 aliphatic heterocycles. The molecule has 2 heteroatoms. The molecule has 2 nitrogen and oxygen atoms in total. The van der Waals surface area contributed by atoms with Gasteiger partial charge in [-0.1, -0.05) is 0 Å². The predicted molar refractivity (Wildman–Crippen MR) is 57.2 cm³/mol. The predicted octanol–water partition coefficient (Wildman–Crippen LogP) is 2.23. The normalized spacial score (nSPS) is 32.7. The number of hydrogen-bond donors (Lipinski definition) is 0. The van der Waals surface area contributed by atoms with Crippen molar-refractivity contribution >= 4 is 5.78 Å². The number of ketones is 1. The highest BCUT2D eigenvalue weighted by molar-refractivity contribution is 5.83. The van der Waals surface area contributed by atoms with Crippen molar-refractivity contribution in [2.75, 3.05) is 13.1 Å². The minimum atomic E-state index is 0.336. The Kier molecular flexibility index (Phi) is 2.65. The molecule has 1 saturated heterocycles. The van der Waals surface area contributed by atoms with E-state index in [-0.39, 0.29) is 0 Å². The zero-order valence-corrected chi connectivity index (χ0v) is 9.38. The maximum atomic E-state index is 11.5. The summed E-state index contributed by atoms with van der Waals surface area (Å²) in [5.74, 6) is 0.861. The number of Topliss-reactive ketones (excluding diaryl/α,β-unsaturated/α-hetero) is 1. The second-order valence-electron chi connectivity index (χ2n) is 5.42. The molecule has 1 atom stereocenters. The summed E-state index contributed by atoms with van der Waals surface area (Å²) in [6.45, 7) is 6.82. The third kappa shape index (κ3) is 1.85. The van der Waals surface area contributed by atoms with E-state index in [1.165, 1.54) is 19.4 Å². The Morgan fingerprint density at radius 3 is 2.71 bits per heavy atom. The maximum Gasteiger partial charge on any atom is 0.137 e. The van der Waals surface area contributed by atoms with Gasteiger partial charge >= 0.3 is 0 Å². The summed E-state index contributed by atoms with van der Waals surface area (Å²) in [7, 11) is 0. The monoisotopic (exact) mass is 195 g/mol. The molecule has 2 rings (SSSR count). The smallest absolute Gasteiger partial charge is 0.137 e. The Morgan fingerprint density at radius 1 is 1.43 bits per heavy atom. The van der Waals surface area contributed by atoms with Gasteiger partial charge in [0.15, 0.2) is 0 Å². The number of likely N-dealkylation sites (tertiary alicyclic amines) is 1. The first kappa shape index (κ1) is 10.2. The largest absolute Gasteiger partial charge is 0.299 e. The van der Waals surface area contributed by atoms with Crippen LogP contribution in [0.3, 0.4) is 0 Å². The first-order chi connectivity index (χ1) is 6.59. The van der Waals surface area contributed by atoms with E-state index >= 15 is 0 Å². The molecule has 2 aliphatic rings. The standard InChI is InChI=1S/C12H21NO/c1-12(2)7-4-8-13(12)9-10-5-3-6-11(10)14/h10H,3-9H2,1-2H3. The van der Waals surface area contributed by atoms with Gasteiger partial charge in [0.25, 0.3) is 0 Å². The summed E-state index contributed by atoms with van der Waals surface area (Å²) < 4.78 is 0. The van der Waals surface area contributed by atoms with Crippen LogP contribution in [0.25, 0.3) is 0 Å². The van der Waals surface area contributed by atoms with E-state index in [0.717, 1.165) is 25.8 Å². The molecular formula is C12H21NO. The van der Waals surface area contributed by atoms with Crippen LogP contribution in [0.4, 0.5) is 0 Å². The molecule has 0 aromatic carbocycles. The molecule has 0 N–H and O–H groups in total. The van der Waals surface area contributed by atoms with E-state index in [9.17, 15) is 4.79 Å². The minimum absolute atomic E-state index is 0.336. The minimum Gasteiger partial charge on any atom is -0.299 e. The second kappa shape index (κ2) is 3.65. The lowest BCUT2D eigenvalue weighted by Gasteiger charge is -2.33. The zero-order chi connectivity index (χ0) is 10.2. The van der Waals surface area contributed by atoms with Crippen molar-refractivity contribution < 1.29 is 4.79 Å². The van der Waals surface area contributed by atoms with Crippen molar-refractivity contribution in [2.45, 2.75) is 51.5 Å². The molecule has 2 fully saturated rings. The van der Waals surface area contributed by atoms with Crippen LogP contribution in [0.15, 0.2) is 0 Å². The zero-order valence-electron chi connectivity index (χ0n) is 9.38. The molecule has 0 aromatic heterocycles. The van der Waals surface area contributed by atoms with Crippen LogP contribution in [-0.4, -0.2) is 29.3 Å². The summed E-state index contributed by atoms with van der Waals surface area (Å²) in [5.41, 5.74) is 0.336. The summed E-state index contributed by atoms with van der Waals surface area (Å²) in [6.07, 6.45) is 5.67. The van der Waals surface area contributed by atoms with Crippen LogP contribution in [-0.2, 0) is 4.79 Å². The number of carbonyl (C=O) groups excluding carboxylic acids is 1. The van der Waals surface area contributed by atoms with Crippen LogP contribution in [0, 0.1) is 5.92 Å². The van der Waals surface area contributed by atoms with Gasteiger partial charge in [-0.15, -0.1) is 0 Å². The fourth-order valence-corrected chi connectivity index (χ4v) is 2.85. The molecule has 1 heterocycles. The van der Waals surface area contributed by atoms with Crippen molar-refractivity contribution in [3.63, 3.8) is 0 Å². The van der Waals surface area contributed by atoms with Crippen LogP contribution < -0.4 is 0 Å². The van der Waals surface area contributed by atoms with E-state index in [1.807, 2.05) is 0 Å². The number of hydrogen-bond acceptors (Lipinski definition) is 2. The molecule has 14 heavy (non-hydrogen) atoms.